The van der Waals surface area contributed by atoms with Crippen LogP contribution in [-0.4, -0.2) is 34.0 Å². The molecule has 1 atom stereocenters. The number of aryl methyl sites for hydroxylation is 1. The number of rotatable bonds is 5. The number of aliphatic hydroxyl groups excluding tert-OH is 2. The standard InChI is InChI=1S/C19H22N2O5/c1-10-15(9-22)18(21-26-10)19(24)20-17(13-7-14(23)8-13)12-2-3-16-11(6-12)4-5-25-16/h2-3,6,13-14,17,22-23H,4-5,7-9H2,1H3,(H,20,24)/t13?,14?,17-/m1/s1. The molecule has 1 fully saturated rings. The summed E-state index contributed by atoms with van der Waals surface area (Å²) in [4.78, 5) is 12.7. The van der Waals surface area contributed by atoms with Gasteiger partial charge in [0, 0.05) is 6.42 Å². The molecule has 7 heteroatoms. The van der Waals surface area contributed by atoms with Crippen LogP contribution in [-0.2, 0) is 13.0 Å². The number of nitrogens with zero attached hydrogens (tertiary/aromatic N) is 1. The second-order valence-corrected chi connectivity index (χ2v) is 7.03. The van der Waals surface area contributed by atoms with Crippen molar-refractivity contribution >= 4 is 5.91 Å². The van der Waals surface area contributed by atoms with Gasteiger partial charge in [-0.1, -0.05) is 11.2 Å². The first kappa shape index (κ1) is 17.1. The van der Waals surface area contributed by atoms with E-state index in [0.717, 1.165) is 23.3 Å². The van der Waals surface area contributed by atoms with Crippen LogP contribution in [0.3, 0.4) is 0 Å². The number of aromatic nitrogens is 1. The lowest BCUT2D eigenvalue weighted by Crippen LogP contribution is -2.41. The molecular formula is C19H22N2O5. The fourth-order valence-corrected chi connectivity index (χ4v) is 3.74. The average Bonchev–Trinajstić information content (AvgIpc) is 3.22. The Kier molecular flexibility index (Phi) is 4.42. The topological polar surface area (TPSA) is 105 Å². The van der Waals surface area contributed by atoms with E-state index in [9.17, 15) is 15.0 Å². The number of carbonyl (C=O) groups excluding carboxylic acids is 1. The van der Waals surface area contributed by atoms with E-state index in [1.807, 2.05) is 12.1 Å². The molecule has 0 saturated heterocycles. The van der Waals surface area contributed by atoms with Gasteiger partial charge in [0.1, 0.15) is 11.5 Å². The van der Waals surface area contributed by atoms with Crippen LogP contribution in [0.25, 0.3) is 0 Å². The summed E-state index contributed by atoms with van der Waals surface area (Å²) in [6, 6.07) is 5.73. The van der Waals surface area contributed by atoms with E-state index in [0.29, 0.717) is 30.8 Å². The zero-order valence-electron chi connectivity index (χ0n) is 14.6. The van der Waals surface area contributed by atoms with E-state index in [4.69, 9.17) is 9.26 Å². The molecule has 2 heterocycles. The van der Waals surface area contributed by atoms with Gasteiger partial charge in [-0.15, -0.1) is 0 Å². The highest BCUT2D eigenvalue weighted by Crippen LogP contribution is 2.40. The molecule has 1 aromatic carbocycles. The summed E-state index contributed by atoms with van der Waals surface area (Å²) in [5.74, 6) is 1.10. The van der Waals surface area contributed by atoms with E-state index in [1.54, 1.807) is 6.92 Å². The Morgan fingerprint density at radius 2 is 2.23 bits per heavy atom. The summed E-state index contributed by atoms with van der Waals surface area (Å²) in [5.41, 5.74) is 2.64. The van der Waals surface area contributed by atoms with Crippen molar-refractivity contribution in [2.24, 2.45) is 5.92 Å². The molecule has 1 aromatic heterocycles. The van der Waals surface area contributed by atoms with E-state index in [2.05, 4.69) is 16.5 Å². The van der Waals surface area contributed by atoms with E-state index in [-0.39, 0.29) is 36.3 Å². The molecule has 2 aliphatic rings. The highest BCUT2D eigenvalue weighted by atomic mass is 16.5. The van der Waals surface area contributed by atoms with Gasteiger partial charge in [-0.2, -0.15) is 0 Å². The monoisotopic (exact) mass is 358 g/mol. The summed E-state index contributed by atoms with van der Waals surface area (Å²) >= 11 is 0. The van der Waals surface area contributed by atoms with Crippen LogP contribution in [0, 0.1) is 12.8 Å². The van der Waals surface area contributed by atoms with Gasteiger partial charge >= 0.3 is 0 Å². The third-order valence-electron chi connectivity index (χ3n) is 5.34. The molecule has 4 rings (SSSR count). The first-order valence-corrected chi connectivity index (χ1v) is 8.87. The first-order valence-electron chi connectivity index (χ1n) is 8.87. The van der Waals surface area contributed by atoms with Crippen LogP contribution in [0.15, 0.2) is 22.7 Å². The van der Waals surface area contributed by atoms with Crippen LogP contribution >= 0.6 is 0 Å². The molecule has 0 bridgehead atoms. The Hall–Kier alpha value is -2.38. The molecular weight excluding hydrogens is 336 g/mol. The largest absolute Gasteiger partial charge is 0.493 e. The number of hydrogen-bond acceptors (Lipinski definition) is 6. The highest BCUT2D eigenvalue weighted by Gasteiger charge is 2.37. The number of aliphatic hydroxyl groups is 2. The number of amides is 1. The maximum Gasteiger partial charge on any atom is 0.274 e. The van der Waals surface area contributed by atoms with E-state index in [1.165, 1.54) is 0 Å². The number of carbonyl (C=O) groups is 1. The van der Waals surface area contributed by atoms with E-state index >= 15 is 0 Å². The second kappa shape index (κ2) is 6.74. The number of ether oxygens (including phenoxy) is 1. The van der Waals surface area contributed by atoms with Gasteiger partial charge in [0.15, 0.2) is 5.69 Å². The second-order valence-electron chi connectivity index (χ2n) is 7.03. The number of fused-ring (bicyclic) bond motifs is 1. The molecule has 138 valence electrons. The van der Waals surface area contributed by atoms with Crippen molar-refractivity contribution < 1.29 is 24.3 Å². The lowest BCUT2D eigenvalue weighted by molar-refractivity contribution is 0.0234. The van der Waals surface area contributed by atoms with Crippen LogP contribution in [0.4, 0.5) is 0 Å². The first-order chi connectivity index (χ1) is 12.6. The predicted octanol–water partition coefficient (Wildman–Crippen LogP) is 1.65. The molecule has 1 aliphatic carbocycles. The minimum absolute atomic E-state index is 0.111. The third-order valence-corrected chi connectivity index (χ3v) is 5.34. The number of nitrogens with one attached hydrogen (secondary N) is 1. The lowest BCUT2D eigenvalue weighted by atomic mass is 9.74. The van der Waals surface area contributed by atoms with Crippen molar-refractivity contribution in [2.75, 3.05) is 6.61 Å². The van der Waals surface area contributed by atoms with Crippen LogP contribution < -0.4 is 10.1 Å². The van der Waals surface area contributed by atoms with Crippen molar-refractivity contribution in [1.29, 1.82) is 0 Å². The summed E-state index contributed by atoms with van der Waals surface area (Å²) in [6.45, 7) is 2.03. The van der Waals surface area contributed by atoms with Gasteiger partial charge in [0.25, 0.3) is 5.91 Å². The summed E-state index contributed by atoms with van der Waals surface area (Å²) in [5, 5.41) is 26.0. The highest BCUT2D eigenvalue weighted by molar-refractivity contribution is 5.94. The Balaban J connectivity index is 1.60. The Morgan fingerprint density at radius 1 is 1.42 bits per heavy atom. The number of hydrogen-bond donors (Lipinski definition) is 3. The zero-order chi connectivity index (χ0) is 18.3. The quantitative estimate of drug-likeness (QED) is 0.751. The normalized spacial score (nSPS) is 22.3. The summed E-state index contributed by atoms with van der Waals surface area (Å²) < 4.78 is 10.6. The van der Waals surface area contributed by atoms with Crippen molar-refractivity contribution in [3.63, 3.8) is 0 Å². The molecule has 1 saturated carbocycles. The van der Waals surface area contributed by atoms with Crippen molar-refractivity contribution in [3.05, 3.63) is 46.3 Å². The molecule has 7 nitrogen and oxygen atoms in total. The molecule has 1 aliphatic heterocycles. The van der Waals surface area contributed by atoms with E-state index < -0.39 is 0 Å². The van der Waals surface area contributed by atoms with Gasteiger partial charge in [-0.3, -0.25) is 4.79 Å². The minimum Gasteiger partial charge on any atom is -0.493 e. The van der Waals surface area contributed by atoms with Crippen molar-refractivity contribution in [3.8, 4) is 5.75 Å². The van der Waals surface area contributed by atoms with Crippen LogP contribution in [0.1, 0.15) is 51.8 Å². The van der Waals surface area contributed by atoms with Gasteiger partial charge in [0.2, 0.25) is 0 Å². The molecule has 0 spiro atoms. The molecule has 0 radical (unpaired) electrons. The predicted molar refractivity (Wildman–Crippen MR) is 91.7 cm³/mol. The van der Waals surface area contributed by atoms with Crippen LogP contribution in [0.5, 0.6) is 5.75 Å². The fourth-order valence-electron chi connectivity index (χ4n) is 3.74. The van der Waals surface area contributed by atoms with Crippen LogP contribution in [0.2, 0.25) is 0 Å². The van der Waals surface area contributed by atoms with Gasteiger partial charge < -0.3 is 24.8 Å². The Bertz CT molecular complexity index is 825. The fraction of sp³-hybridized carbons (Fsp3) is 0.474. The average molecular weight is 358 g/mol. The van der Waals surface area contributed by atoms with Gasteiger partial charge in [-0.05, 0) is 48.9 Å². The van der Waals surface area contributed by atoms with Crippen molar-refractivity contribution in [2.45, 2.75) is 44.9 Å². The molecule has 0 unspecified atom stereocenters. The zero-order valence-corrected chi connectivity index (χ0v) is 14.6. The van der Waals surface area contributed by atoms with Gasteiger partial charge in [0.05, 0.1) is 30.9 Å². The molecule has 3 N–H and O–H groups in total. The number of benzene rings is 1. The third kappa shape index (κ3) is 2.97. The smallest absolute Gasteiger partial charge is 0.274 e. The maximum absolute atomic E-state index is 12.7. The summed E-state index contributed by atoms with van der Waals surface area (Å²) in [7, 11) is 0. The van der Waals surface area contributed by atoms with Gasteiger partial charge in [-0.25, -0.2) is 0 Å². The Morgan fingerprint density at radius 3 is 2.96 bits per heavy atom. The lowest BCUT2D eigenvalue weighted by Gasteiger charge is -2.38. The molecule has 1 amide bonds. The maximum atomic E-state index is 12.7. The Labute approximate surface area is 151 Å². The summed E-state index contributed by atoms with van der Waals surface area (Å²) in [6.07, 6.45) is 1.82. The van der Waals surface area contributed by atoms with Crippen molar-refractivity contribution in [1.82, 2.24) is 10.5 Å². The SMILES string of the molecule is Cc1onc(C(=O)N[C@H](c2ccc3c(c2)CCO3)C2CC(O)C2)c1CO. The molecule has 26 heavy (non-hydrogen) atoms. The molecule has 2 aromatic rings. The minimum atomic E-state index is -0.381.